The first-order chi connectivity index (χ1) is 9.25. The van der Waals surface area contributed by atoms with Gasteiger partial charge < -0.3 is 4.90 Å². The van der Waals surface area contributed by atoms with Gasteiger partial charge in [-0.3, -0.25) is 0 Å². The highest BCUT2D eigenvalue weighted by atomic mass is 15.0. The lowest BCUT2D eigenvalue weighted by Gasteiger charge is -2.13. The monoisotopic (exact) mass is 251 g/mol. The van der Waals surface area contributed by atoms with Crippen LogP contribution in [-0.2, 0) is 13.0 Å². The summed E-state index contributed by atoms with van der Waals surface area (Å²) in [5, 5.41) is 0. The van der Waals surface area contributed by atoms with Crippen molar-refractivity contribution in [1.82, 2.24) is 4.90 Å². The summed E-state index contributed by atoms with van der Waals surface area (Å²) in [4.78, 5) is 2.21. The highest BCUT2D eigenvalue weighted by Gasteiger charge is 2.00. The molecule has 0 atom stereocenters. The molecule has 0 aliphatic carbocycles. The lowest BCUT2D eigenvalue weighted by molar-refractivity contribution is 0.401. The van der Waals surface area contributed by atoms with Gasteiger partial charge in [0, 0.05) is 6.54 Å². The molecule has 0 aliphatic rings. The summed E-state index contributed by atoms with van der Waals surface area (Å²) in [5.74, 6) is 0. The minimum absolute atomic E-state index is 0.985. The van der Waals surface area contributed by atoms with Crippen LogP contribution in [-0.4, -0.2) is 19.0 Å². The van der Waals surface area contributed by atoms with Gasteiger partial charge in [0.2, 0.25) is 0 Å². The lowest BCUT2D eigenvalue weighted by Crippen LogP contribution is -2.12. The molecule has 0 saturated heterocycles. The van der Waals surface area contributed by atoms with Crippen molar-refractivity contribution < 1.29 is 0 Å². The van der Waals surface area contributed by atoms with Gasteiger partial charge in [-0.1, -0.05) is 66.7 Å². The van der Waals surface area contributed by atoms with Gasteiger partial charge >= 0.3 is 0 Å². The Bertz CT molecular complexity index is 526. The molecule has 0 aliphatic heterocycles. The normalized spacial score (nSPS) is 11.3. The Morgan fingerprint density at radius 2 is 1.47 bits per heavy atom. The summed E-state index contributed by atoms with van der Waals surface area (Å²) >= 11 is 0. The maximum atomic E-state index is 2.24. The number of benzene rings is 2. The zero-order valence-corrected chi connectivity index (χ0v) is 11.7. The Labute approximate surface area is 116 Å². The van der Waals surface area contributed by atoms with Crippen molar-refractivity contribution in [2.45, 2.75) is 13.0 Å². The SMILES string of the molecule is CN(C)Cc1ccccc1C/C=C/c1ccccc1. The predicted molar refractivity (Wildman–Crippen MR) is 83.0 cm³/mol. The lowest BCUT2D eigenvalue weighted by atomic mass is 10.0. The second kappa shape index (κ2) is 6.91. The van der Waals surface area contributed by atoms with Crippen molar-refractivity contribution in [3.8, 4) is 0 Å². The van der Waals surface area contributed by atoms with Gasteiger partial charge in [0.05, 0.1) is 0 Å². The molecule has 19 heavy (non-hydrogen) atoms. The van der Waals surface area contributed by atoms with Crippen LogP contribution in [0.4, 0.5) is 0 Å². The summed E-state index contributed by atoms with van der Waals surface area (Å²) in [5.41, 5.74) is 4.07. The van der Waals surface area contributed by atoms with E-state index in [0.29, 0.717) is 0 Å². The summed E-state index contributed by atoms with van der Waals surface area (Å²) in [7, 11) is 4.22. The molecule has 0 saturated carbocycles. The fraction of sp³-hybridized carbons (Fsp3) is 0.222. The van der Waals surface area contributed by atoms with Gasteiger partial charge in [-0.05, 0) is 37.2 Å². The zero-order chi connectivity index (χ0) is 13.5. The second-order valence-corrected chi connectivity index (χ2v) is 5.02. The second-order valence-electron chi connectivity index (χ2n) is 5.02. The first kappa shape index (κ1) is 13.6. The third-order valence-electron chi connectivity index (χ3n) is 3.05. The molecule has 2 aromatic rings. The molecule has 98 valence electrons. The van der Waals surface area contributed by atoms with Crippen molar-refractivity contribution in [2.75, 3.05) is 14.1 Å². The number of rotatable bonds is 5. The largest absolute Gasteiger partial charge is 0.305 e. The van der Waals surface area contributed by atoms with Crippen LogP contribution in [0, 0.1) is 0 Å². The molecular weight excluding hydrogens is 230 g/mol. The maximum absolute atomic E-state index is 2.24. The van der Waals surface area contributed by atoms with Gasteiger partial charge in [0.15, 0.2) is 0 Å². The first-order valence-electron chi connectivity index (χ1n) is 6.69. The van der Waals surface area contributed by atoms with Gasteiger partial charge in [-0.2, -0.15) is 0 Å². The van der Waals surface area contributed by atoms with Crippen LogP contribution in [0.1, 0.15) is 16.7 Å². The number of hydrogen-bond donors (Lipinski definition) is 0. The molecular formula is C18H21N. The molecule has 0 radical (unpaired) electrons. The van der Waals surface area contributed by atoms with Crippen molar-refractivity contribution in [2.24, 2.45) is 0 Å². The van der Waals surface area contributed by atoms with E-state index in [0.717, 1.165) is 13.0 Å². The molecule has 0 amide bonds. The Hall–Kier alpha value is -1.86. The molecule has 0 N–H and O–H groups in total. The Balaban J connectivity index is 2.05. The minimum atomic E-state index is 0.985. The predicted octanol–water partition coefficient (Wildman–Crippen LogP) is 4.00. The van der Waals surface area contributed by atoms with Gasteiger partial charge in [0.25, 0.3) is 0 Å². The minimum Gasteiger partial charge on any atom is -0.305 e. The van der Waals surface area contributed by atoms with Crippen molar-refractivity contribution in [3.05, 3.63) is 77.4 Å². The van der Waals surface area contributed by atoms with E-state index in [-0.39, 0.29) is 0 Å². The molecule has 0 fully saturated rings. The third kappa shape index (κ3) is 4.38. The van der Waals surface area contributed by atoms with E-state index in [4.69, 9.17) is 0 Å². The zero-order valence-electron chi connectivity index (χ0n) is 11.7. The van der Waals surface area contributed by atoms with Gasteiger partial charge in [-0.25, -0.2) is 0 Å². The standard InChI is InChI=1S/C18H21N/c1-19(2)15-18-13-7-6-12-17(18)14-8-11-16-9-4-3-5-10-16/h3-13H,14-15H2,1-2H3/b11-8+. The van der Waals surface area contributed by atoms with Crippen LogP contribution < -0.4 is 0 Å². The number of hydrogen-bond acceptors (Lipinski definition) is 1. The molecule has 0 bridgehead atoms. The summed E-state index contributed by atoms with van der Waals surface area (Å²) in [6.07, 6.45) is 5.41. The summed E-state index contributed by atoms with van der Waals surface area (Å²) in [6, 6.07) is 19.1. The molecule has 2 rings (SSSR count). The maximum Gasteiger partial charge on any atom is 0.0230 e. The average Bonchev–Trinajstić information content (AvgIpc) is 2.41. The highest BCUT2D eigenvalue weighted by Crippen LogP contribution is 2.12. The van der Waals surface area contributed by atoms with Crippen LogP contribution in [0.15, 0.2) is 60.7 Å². The van der Waals surface area contributed by atoms with Crippen molar-refractivity contribution in [3.63, 3.8) is 0 Å². The Morgan fingerprint density at radius 1 is 0.842 bits per heavy atom. The Morgan fingerprint density at radius 3 is 2.16 bits per heavy atom. The third-order valence-corrected chi connectivity index (χ3v) is 3.05. The van der Waals surface area contributed by atoms with Crippen LogP contribution in [0.3, 0.4) is 0 Å². The van der Waals surface area contributed by atoms with E-state index in [2.05, 4.69) is 79.7 Å². The van der Waals surface area contributed by atoms with Gasteiger partial charge in [0.1, 0.15) is 0 Å². The molecule has 0 aromatic heterocycles. The molecule has 2 aromatic carbocycles. The molecule has 0 spiro atoms. The van der Waals surface area contributed by atoms with E-state index in [1.54, 1.807) is 0 Å². The highest BCUT2D eigenvalue weighted by molar-refractivity contribution is 5.49. The van der Waals surface area contributed by atoms with Crippen LogP contribution in [0.5, 0.6) is 0 Å². The smallest absolute Gasteiger partial charge is 0.0230 e. The van der Waals surface area contributed by atoms with Crippen LogP contribution in [0.25, 0.3) is 6.08 Å². The summed E-state index contributed by atoms with van der Waals surface area (Å²) < 4.78 is 0. The fourth-order valence-corrected chi connectivity index (χ4v) is 2.14. The van der Waals surface area contributed by atoms with E-state index in [1.807, 2.05) is 6.07 Å². The van der Waals surface area contributed by atoms with Gasteiger partial charge in [-0.15, -0.1) is 0 Å². The van der Waals surface area contributed by atoms with E-state index in [9.17, 15) is 0 Å². The molecule has 0 unspecified atom stereocenters. The van der Waals surface area contributed by atoms with E-state index in [1.165, 1.54) is 16.7 Å². The fourth-order valence-electron chi connectivity index (χ4n) is 2.14. The molecule has 0 heterocycles. The topological polar surface area (TPSA) is 3.24 Å². The summed E-state index contributed by atoms with van der Waals surface area (Å²) in [6.45, 7) is 0.995. The van der Waals surface area contributed by atoms with E-state index >= 15 is 0 Å². The van der Waals surface area contributed by atoms with E-state index < -0.39 is 0 Å². The quantitative estimate of drug-likeness (QED) is 0.776. The van der Waals surface area contributed by atoms with Crippen LogP contribution >= 0.6 is 0 Å². The molecule has 1 nitrogen and oxygen atoms in total. The molecule has 1 heteroatoms. The average molecular weight is 251 g/mol. The number of nitrogens with zero attached hydrogens (tertiary/aromatic N) is 1. The number of allylic oxidation sites excluding steroid dienone is 1. The van der Waals surface area contributed by atoms with Crippen LogP contribution in [0.2, 0.25) is 0 Å². The Kier molecular flexibility index (Phi) is 4.93. The van der Waals surface area contributed by atoms with Crippen molar-refractivity contribution >= 4 is 6.08 Å². The first-order valence-corrected chi connectivity index (χ1v) is 6.69. The van der Waals surface area contributed by atoms with Crippen molar-refractivity contribution in [1.29, 1.82) is 0 Å².